The lowest BCUT2D eigenvalue weighted by Gasteiger charge is -2.35. The average molecular weight is 380 g/mol. The number of carbonyl (C=O) groups excluding carboxylic acids is 2. The fourth-order valence-electron chi connectivity index (χ4n) is 4.36. The molecule has 0 aromatic heterocycles. The van der Waals surface area contributed by atoms with E-state index >= 15 is 0 Å². The molecule has 4 rings (SSSR count). The number of carbonyl (C=O) groups is 2. The first-order chi connectivity index (χ1) is 12.5. The zero-order valence-corrected chi connectivity index (χ0v) is 15.4. The van der Waals surface area contributed by atoms with E-state index in [1.807, 2.05) is 4.90 Å². The van der Waals surface area contributed by atoms with Crippen molar-refractivity contribution in [2.75, 3.05) is 39.3 Å². The van der Waals surface area contributed by atoms with Crippen molar-refractivity contribution in [3.63, 3.8) is 0 Å². The number of benzene rings is 1. The molecule has 1 spiro atoms. The van der Waals surface area contributed by atoms with Crippen molar-refractivity contribution in [1.29, 1.82) is 0 Å². The summed E-state index contributed by atoms with van der Waals surface area (Å²) in [6.45, 7) is 3.91. The molecule has 2 aliphatic heterocycles. The summed E-state index contributed by atoms with van der Waals surface area (Å²) in [5, 5.41) is 3.62. The number of piperazine rings is 1. The summed E-state index contributed by atoms with van der Waals surface area (Å²) < 4.78 is 14.0. The van der Waals surface area contributed by atoms with Gasteiger partial charge >= 0.3 is 0 Å². The molecule has 0 radical (unpaired) electrons. The Kier molecular flexibility index (Phi) is 4.65. The highest BCUT2D eigenvalue weighted by atomic mass is 35.5. The van der Waals surface area contributed by atoms with Crippen molar-refractivity contribution in [3.8, 4) is 0 Å². The van der Waals surface area contributed by atoms with Crippen molar-refractivity contribution in [3.05, 3.63) is 34.6 Å². The van der Waals surface area contributed by atoms with Crippen LogP contribution in [0.4, 0.5) is 4.39 Å². The SMILES string of the molecule is O=C(c1ccc(Cl)cc1F)N1CCN(C(=O)C2CC23CCNCC3)CC1. The Bertz CT molecular complexity index is 727. The molecule has 7 heteroatoms. The van der Waals surface area contributed by atoms with E-state index in [0.717, 1.165) is 38.4 Å². The van der Waals surface area contributed by atoms with E-state index in [9.17, 15) is 14.0 Å². The quantitative estimate of drug-likeness (QED) is 0.856. The molecular weight excluding hydrogens is 357 g/mol. The first-order valence-corrected chi connectivity index (χ1v) is 9.62. The molecule has 0 bridgehead atoms. The average Bonchev–Trinajstić information content (AvgIpc) is 3.34. The minimum atomic E-state index is -0.605. The number of halogens is 2. The Balaban J connectivity index is 1.34. The van der Waals surface area contributed by atoms with E-state index in [4.69, 9.17) is 11.6 Å². The lowest BCUT2D eigenvalue weighted by Crippen LogP contribution is -2.51. The van der Waals surface area contributed by atoms with Gasteiger partial charge in [-0.3, -0.25) is 9.59 Å². The molecule has 1 aliphatic carbocycles. The summed E-state index contributed by atoms with van der Waals surface area (Å²) in [7, 11) is 0. The molecule has 26 heavy (non-hydrogen) atoms. The molecule has 2 saturated heterocycles. The third kappa shape index (κ3) is 3.21. The topological polar surface area (TPSA) is 52.7 Å². The van der Waals surface area contributed by atoms with Crippen LogP contribution < -0.4 is 5.32 Å². The van der Waals surface area contributed by atoms with Crippen molar-refractivity contribution in [2.24, 2.45) is 11.3 Å². The van der Waals surface area contributed by atoms with Crippen molar-refractivity contribution >= 4 is 23.4 Å². The van der Waals surface area contributed by atoms with Crippen LogP contribution in [-0.2, 0) is 4.79 Å². The molecule has 5 nitrogen and oxygen atoms in total. The molecule has 3 aliphatic rings. The first-order valence-electron chi connectivity index (χ1n) is 9.24. The molecule has 1 N–H and O–H groups in total. The molecule has 1 aromatic carbocycles. The first kappa shape index (κ1) is 17.7. The fourth-order valence-corrected chi connectivity index (χ4v) is 4.52. The van der Waals surface area contributed by atoms with Gasteiger partial charge in [-0.25, -0.2) is 4.39 Å². The van der Waals surface area contributed by atoms with Gasteiger partial charge in [0.1, 0.15) is 5.82 Å². The number of nitrogens with one attached hydrogen (secondary N) is 1. The summed E-state index contributed by atoms with van der Waals surface area (Å²) in [4.78, 5) is 28.8. The molecular formula is C19H23ClFN3O2. The highest BCUT2D eigenvalue weighted by molar-refractivity contribution is 6.30. The molecule has 1 aromatic rings. The van der Waals surface area contributed by atoms with Crippen LogP contribution in [0.15, 0.2) is 18.2 Å². The Morgan fingerprint density at radius 3 is 2.42 bits per heavy atom. The van der Waals surface area contributed by atoms with E-state index in [0.29, 0.717) is 26.2 Å². The normalized spacial score (nSPS) is 24.6. The lowest BCUT2D eigenvalue weighted by atomic mass is 9.91. The van der Waals surface area contributed by atoms with Gasteiger partial charge in [0.2, 0.25) is 5.91 Å². The predicted molar refractivity (Wildman–Crippen MR) is 96.5 cm³/mol. The van der Waals surface area contributed by atoms with Crippen LogP contribution in [0.2, 0.25) is 5.02 Å². The molecule has 1 saturated carbocycles. The third-order valence-corrected chi connectivity index (χ3v) is 6.36. The molecule has 1 unspecified atom stereocenters. The number of hydrogen-bond acceptors (Lipinski definition) is 3. The number of amides is 2. The van der Waals surface area contributed by atoms with Gasteiger partial charge in [0, 0.05) is 37.1 Å². The third-order valence-electron chi connectivity index (χ3n) is 6.13. The maximum absolute atomic E-state index is 14.0. The van der Waals surface area contributed by atoms with E-state index in [2.05, 4.69) is 5.32 Å². The van der Waals surface area contributed by atoms with Crippen LogP contribution in [0.5, 0.6) is 0 Å². The number of nitrogens with zero attached hydrogens (tertiary/aromatic N) is 2. The van der Waals surface area contributed by atoms with E-state index in [1.54, 1.807) is 4.90 Å². The summed E-state index contributed by atoms with van der Waals surface area (Å²) in [5.74, 6) is -0.559. The minimum Gasteiger partial charge on any atom is -0.339 e. The van der Waals surface area contributed by atoms with Crippen LogP contribution in [-0.4, -0.2) is 60.9 Å². The smallest absolute Gasteiger partial charge is 0.256 e. The van der Waals surface area contributed by atoms with Crippen LogP contribution in [0.3, 0.4) is 0 Å². The Morgan fingerprint density at radius 2 is 1.77 bits per heavy atom. The monoisotopic (exact) mass is 379 g/mol. The van der Waals surface area contributed by atoms with Crippen LogP contribution >= 0.6 is 11.6 Å². The second kappa shape index (κ2) is 6.82. The molecule has 3 fully saturated rings. The van der Waals surface area contributed by atoms with Crippen LogP contribution in [0.1, 0.15) is 29.6 Å². The van der Waals surface area contributed by atoms with Gasteiger partial charge in [0.05, 0.1) is 5.56 Å². The van der Waals surface area contributed by atoms with Crippen LogP contribution in [0.25, 0.3) is 0 Å². The van der Waals surface area contributed by atoms with Gasteiger partial charge in [0.15, 0.2) is 0 Å². The maximum Gasteiger partial charge on any atom is 0.256 e. The zero-order chi connectivity index (χ0) is 18.3. The van der Waals surface area contributed by atoms with Gasteiger partial charge in [-0.15, -0.1) is 0 Å². The van der Waals surface area contributed by atoms with Gasteiger partial charge in [-0.2, -0.15) is 0 Å². The molecule has 2 amide bonds. The second-order valence-electron chi connectivity index (χ2n) is 7.61. The van der Waals surface area contributed by atoms with Gasteiger partial charge in [-0.1, -0.05) is 11.6 Å². The summed E-state index contributed by atoms with van der Waals surface area (Å²) in [5.41, 5.74) is 0.256. The Labute approximate surface area is 157 Å². The van der Waals surface area contributed by atoms with Crippen molar-refractivity contribution < 1.29 is 14.0 Å². The summed E-state index contributed by atoms with van der Waals surface area (Å²) >= 11 is 5.75. The number of piperidine rings is 1. The zero-order valence-electron chi connectivity index (χ0n) is 14.6. The highest BCUT2D eigenvalue weighted by Gasteiger charge is 2.58. The Hall–Kier alpha value is -1.66. The summed E-state index contributed by atoms with van der Waals surface area (Å²) in [6, 6.07) is 4.09. The number of hydrogen-bond donors (Lipinski definition) is 1. The molecule has 1 atom stereocenters. The van der Waals surface area contributed by atoms with Crippen molar-refractivity contribution in [1.82, 2.24) is 15.1 Å². The number of rotatable bonds is 2. The fraction of sp³-hybridized carbons (Fsp3) is 0.579. The summed E-state index contributed by atoms with van der Waals surface area (Å²) in [6.07, 6.45) is 3.16. The predicted octanol–water partition coefficient (Wildman–Crippen LogP) is 2.15. The standard InChI is InChI=1S/C19H23ClFN3O2/c20-13-1-2-14(16(21)11-13)17(25)23-7-9-24(10-8-23)18(26)15-12-19(15)3-5-22-6-4-19/h1-2,11,15,22H,3-10,12H2. The lowest BCUT2D eigenvalue weighted by molar-refractivity contribution is -0.135. The second-order valence-corrected chi connectivity index (χ2v) is 8.05. The van der Waals surface area contributed by atoms with Gasteiger partial charge in [0.25, 0.3) is 5.91 Å². The van der Waals surface area contributed by atoms with E-state index in [-0.39, 0.29) is 33.7 Å². The van der Waals surface area contributed by atoms with Crippen LogP contribution in [0, 0.1) is 17.2 Å². The molecule has 2 heterocycles. The minimum absolute atomic E-state index is 0.0324. The Morgan fingerprint density at radius 1 is 1.12 bits per heavy atom. The van der Waals surface area contributed by atoms with Crippen molar-refractivity contribution in [2.45, 2.75) is 19.3 Å². The van der Waals surface area contributed by atoms with Gasteiger partial charge < -0.3 is 15.1 Å². The highest BCUT2D eigenvalue weighted by Crippen LogP contribution is 2.59. The largest absolute Gasteiger partial charge is 0.339 e. The van der Waals surface area contributed by atoms with E-state index in [1.165, 1.54) is 12.1 Å². The maximum atomic E-state index is 14.0. The van der Waals surface area contributed by atoms with E-state index < -0.39 is 5.82 Å². The van der Waals surface area contributed by atoms with Gasteiger partial charge in [-0.05, 0) is 56.0 Å². The molecule has 140 valence electrons.